The van der Waals surface area contributed by atoms with Gasteiger partial charge < -0.3 is 0 Å². The molecule has 0 atom stereocenters. The Morgan fingerprint density at radius 2 is 1.37 bits per heavy atom. The van der Waals surface area contributed by atoms with E-state index in [9.17, 15) is 0 Å². The van der Waals surface area contributed by atoms with Crippen LogP contribution in [0.15, 0.2) is 0 Å². The van der Waals surface area contributed by atoms with Crippen molar-refractivity contribution in [2.45, 2.75) is 71.1 Å². The SMILES string of the molecule is CCCCCCCCCCCCN1CCS(=S)(=S)C1. The molecule has 0 N–H and O–H groups in total. The van der Waals surface area contributed by atoms with E-state index in [0.29, 0.717) is 0 Å². The zero-order valence-electron chi connectivity index (χ0n) is 12.6. The van der Waals surface area contributed by atoms with Gasteiger partial charge in [-0.15, -0.1) is 0 Å². The van der Waals surface area contributed by atoms with Gasteiger partial charge in [0.1, 0.15) is 0 Å². The normalized spacial score (nSPS) is 19.0. The van der Waals surface area contributed by atoms with Crippen LogP contribution in [-0.4, -0.2) is 29.6 Å². The molecule has 1 aliphatic rings. The Balaban J connectivity index is 1.82. The second-order valence-corrected chi connectivity index (χ2v) is 12.5. The van der Waals surface area contributed by atoms with E-state index in [2.05, 4.69) is 11.8 Å². The van der Waals surface area contributed by atoms with Crippen molar-refractivity contribution in [3.63, 3.8) is 0 Å². The summed E-state index contributed by atoms with van der Waals surface area (Å²) in [5.41, 5.74) is 0. The molecule has 1 nitrogen and oxygen atoms in total. The van der Waals surface area contributed by atoms with Crippen LogP contribution in [0.5, 0.6) is 0 Å². The summed E-state index contributed by atoms with van der Waals surface area (Å²) in [7, 11) is -1.07. The largest absolute Gasteiger partial charge is 0.293 e. The molecular formula is C15H31NS3. The Hall–Kier alpha value is 0.750. The maximum absolute atomic E-state index is 5.42. The molecule has 1 fully saturated rings. The quantitative estimate of drug-likeness (QED) is 0.524. The van der Waals surface area contributed by atoms with Gasteiger partial charge in [-0.3, -0.25) is 4.90 Å². The number of nitrogens with zero attached hydrogens (tertiary/aromatic N) is 1. The Labute approximate surface area is 130 Å². The standard InChI is InChI=1S/C15H31NS3/c1-2-3-4-5-6-7-8-9-10-11-12-16-13-14-19(17,18)15-16/h2-15H2,1H3. The highest BCUT2D eigenvalue weighted by atomic mass is 33.1. The molecule has 0 amide bonds. The summed E-state index contributed by atoms with van der Waals surface area (Å²) in [4.78, 5) is 2.50. The Morgan fingerprint density at radius 3 is 1.84 bits per heavy atom. The van der Waals surface area contributed by atoms with Crippen LogP contribution >= 0.6 is 0 Å². The predicted octanol–water partition coefficient (Wildman–Crippen LogP) is 4.26. The summed E-state index contributed by atoms with van der Waals surface area (Å²) in [5, 5.41) is 0. The van der Waals surface area contributed by atoms with E-state index in [1.54, 1.807) is 0 Å². The summed E-state index contributed by atoms with van der Waals surface area (Å²) < 4.78 is 0. The third kappa shape index (κ3) is 9.33. The van der Waals surface area contributed by atoms with Crippen LogP contribution in [0.4, 0.5) is 0 Å². The van der Waals surface area contributed by atoms with Gasteiger partial charge in [0.15, 0.2) is 0 Å². The van der Waals surface area contributed by atoms with Crippen molar-refractivity contribution >= 4 is 29.5 Å². The molecule has 1 rings (SSSR count). The molecule has 0 aromatic carbocycles. The molecule has 0 aromatic rings. The first kappa shape index (κ1) is 17.8. The van der Waals surface area contributed by atoms with E-state index < -0.39 is 7.15 Å². The number of unbranched alkanes of at least 4 members (excludes halogenated alkanes) is 9. The number of hydrogen-bond acceptors (Lipinski definition) is 3. The second kappa shape index (κ2) is 10.5. The molecule has 1 aliphatic heterocycles. The van der Waals surface area contributed by atoms with E-state index in [4.69, 9.17) is 22.4 Å². The van der Waals surface area contributed by atoms with Gasteiger partial charge in [0.05, 0.1) is 5.88 Å². The molecule has 0 saturated carbocycles. The zero-order chi connectivity index (χ0) is 14.0. The van der Waals surface area contributed by atoms with E-state index in [1.807, 2.05) is 0 Å². The molecule has 0 unspecified atom stereocenters. The highest BCUT2D eigenvalue weighted by Gasteiger charge is 2.18. The number of rotatable bonds is 11. The van der Waals surface area contributed by atoms with Gasteiger partial charge >= 0.3 is 0 Å². The highest BCUT2D eigenvalue weighted by Crippen LogP contribution is 2.13. The molecule has 0 aliphatic carbocycles. The first-order valence-corrected chi connectivity index (χ1v) is 11.9. The minimum Gasteiger partial charge on any atom is -0.293 e. The fourth-order valence-electron chi connectivity index (χ4n) is 2.67. The molecule has 0 bridgehead atoms. The molecule has 4 heteroatoms. The van der Waals surface area contributed by atoms with Crippen LogP contribution in [0.1, 0.15) is 71.1 Å². The van der Waals surface area contributed by atoms with Gasteiger partial charge in [-0.25, -0.2) is 0 Å². The monoisotopic (exact) mass is 321 g/mol. The van der Waals surface area contributed by atoms with Crippen molar-refractivity contribution in [1.29, 1.82) is 0 Å². The minimum absolute atomic E-state index is 1.04. The van der Waals surface area contributed by atoms with Gasteiger partial charge in [-0.05, 0) is 35.3 Å². The summed E-state index contributed by atoms with van der Waals surface area (Å²) in [6.45, 7) is 4.68. The lowest BCUT2D eigenvalue weighted by molar-refractivity contribution is 0.343. The Bertz CT molecular complexity index is 311. The van der Waals surface area contributed by atoms with E-state index in [1.165, 1.54) is 77.3 Å². The third-order valence-electron chi connectivity index (χ3n) is 3.93. The van der Waals surface area contributed by atoms with Crippen LogP contribution in [0.3, 0.4) is 0 Å². The second-order valence-electron chi connectivity index (χ2n) is 5.88. The Kier molecular flexibility index (Phi) is 9.81. The third-order valence-corrected chi connectivity index (χ3v) is 7.12. The summed E-state index contributed by atoms with van der Waals surface area (Å²) in [6.07, 6.45) is 14.1. The zero-order valence-corrected chi connectivity index (χ0v) is 15.0. The molecule has 0 radical (unpaired) electrons. The number of hydrogen-bond donors (Lipinski definition) is 0. The van der Waals surface area contributed by atoms with Crippen molar-refractivity contribution in [3.8, 4) is 0 Å². The van der Waals surface area contributed by atoms with Gasteiger partial charge in [0.25, 0.3) is 0 Å². The fraction of sp³-hybridized carbons (Fsp3) is 1.00. The van der Waals surface area contributed by atoms with Crippen LogP contribution in [0, 0.1) is 0 Å². The lowest BCUT2D eigenvalue weighted by atomic mass is 10.1. The molecule has 0 spiro atoms. The minimum atomic E-state index is -1.07. The summed E-state index contributed by atoms with van der Waals surface area (Å²) in [5.74, 6) is 2.14. The molecule has 19 heavy (non-hydrogen) atoms. The van der Waals surface area contributed by atoms with E-state index >= 15 is 0 Å². The average Bonchev–Trinajstić information content (AvgIpc) is 2.71. The van der Waals surface area contributed by atoms with E-state index in [-0.39, 0.29) is 0 Å². The smallest absolute Gasteiger partial charge is 0.0532 e. The Morgan fingerprint density at radius 1 is 0.842 bits per heavy atom. The van der Waals surface area contributed by atoms with Crippen molar-refractivity contribution in [2.24, 2.45) is 0 Å². The van der Waals surface area contributed by atoms with Crippen LogP contribution in [-0.2, 0) is 29.5 Å². The lowest BCUT2D eigenvalue weighted by Crippen LogP contribution is -2.21. The molecular weight excluding hydrogens is 290 g/mol. The molecule has 1 heterocycles. The first-order chi connectivity index (χ1) is 9.14. The van der Waals surface area contributed by atoms with Gasteiger partial charge in [0, 0.05) is 12.3 Å². The van der Waals surface area contributed by atoms with Gasteiger partial charge in [-0.2, -0.15) is 0 Å². The van der Waals surface area contributed by atoms with Crippen molar-refractivity contribution in [1.82, 2.24) is 4.90 Å². The summed E-state index contributed by atoms with van der Waals surface area (Å²) in [6, 6.07) is 0. The lowest BCUT2D eigenvalue weighted by Gasteiger charge is -2.13. The first-order valence-electron chi connectivity index (χ1n) is 8.07. The maximum atomic E-state index is 5.42. The average molecular weight is 322 g/mol. The van der Waals surface area contributed by atoms with Crippen LogP contribution < -0.4 is 0 Å². The van der Waals surface area contributed by atoms with Gasteiger partial charge in [0.2, 0.25) is 0 Å². The molecule has 1 saturated heterocycles. The predicted molar refractivity (Wildman–Crippen MR) is 95.2 cm³/mol. The van der Waals surface area contributed by atoms with Crippen molar-refractivity contribution < 1.29 is 0 Å². The fourth-order valence-corrected chi connectivity index (χ4v) is 5.50. The maximum Gasteiger partial charge on any atom is 0.0532 e. The highest BCUT2D eigenvalue weighted by molar-refractivity contribution is 8.56. The van der Waals surface area contributed by atoms with E-state index in [0.717, 1.165) is 11.6 Å². The molecule has 0 aromatic heterocycles. The summed E-state index contributed by atoms with van der Waals surface area (Å²) >= 11 is 10.8. The van der Waals surface area contributed by atoms with Crippen molar-refractivity contribution in [3.05, 3.63) is 0 Å². The van der Waals surface area contributed by atoms with Gasteiger partial charge in [-0.1, -0.05) is 71.9 Å². The van der Waals surface area contributed by atoms with Crippen molar-refractivity contribution in [2.75, 3.05) is 24.7 Å². The van der Waals surface area contributed by atoms with Crippen LogP contribution in [0.2, 0.25) is 0 Å². The molecule has 114 valence electrons. The van der Waals surface area contributed by atoms with Crippen LogP contribution in [0.25, 0.3) is 0 Å². The topological polar surface area (TPSA) is 3.24 Å².